The number of pyridine rings is 1. The Kier molecular flexibility index (Phi) is 7.01. The Morgan fingerprint density at radius 3 is 2.65 bits per heavy atom. The summed E-state index contributed by atoms with van der Waals surface area (Å²) in [5.74, 6) is 0.636. The van der Waals surface area contributed by atoms with E-state index in [1.807, 2.05) is 43.3 Å². The van der Waals surface area contributed by atoms with Gasteiger partial charge in [-0.2, -0.15) is 0 Å². The Hall–Kier alpha value is -3.61. The van der Waals surface area contributed by atoms with Crippen molar-refractivity contribution in [1.29, 1.82) is 0 Å². The normalized spacial score (nSPS) is 15.8. The van der Waals surface area contributed by atoms with Crippen molar-refractivity contribution in [2.24, 2.45) is 5.92 Å². The third-order valence-corrected chi connectivity index (χ3v) is 6.21. The number of nitrogens with zero attached hydrogens (tertiary/aromatic N) is 2. The van der Waals surface area contributed by atoms with Crippen LogP contribution in [0.15, 0.2) is 42.5 Å². The van der Waals surface area contributed by atoms with Crippen LogP contribution in [0.5, 0.6) is 11.5 Å². The van der Waals surface area contributed by atoms with Crippen LogP contribution in [0.1, 0.15) is 35.7 Å². The molecule has 1 fully saturated rings. The van der Waals surface area contributed by atoms with E-state index >= 15 is 0 Å². The van der Waals surface area contributed by atoms with Gasteiger partial charge in [0.05, 0.1) is 43.5 Å². The summed E-state index contributed by atoms with van der Waals surface area (Å²) >= 11 is 0. The summed E-state index contributed by atoms with van der Waals surface area (Å²) in [7, 11) is 3.20. The summed E-state index contributed by atoms with van der Waals surface area (Å²) in [6.07, 6.45) is 1.49. The zero-order chi connectivity index (χ0) is 24.2. The van der Waals surface area contributed by atoms with E-state index in [-0.39, 0.29) is 17.8 Å². The summed E-state index contributed by atoms with van der Waals surface area (Å²) in [5.41, 5.74) is 3.73. The van der Waals surface area contributed by atoms with Crippen molar-refractivity contribution < 1.29 is 23.8 Å². The molecule has 2 aromatic carbocycles. The molecule has 1 aromatic heterocycles. The van der Waals surface area contributed by atoms with Crippen LogP contribution in [0.3, 0.4) is 0 Å². The molecule has 0 saturated carbocycles. The number of esters is 1. The van der Waals surface area contributed by atoms with Gasteiger partial charge < -0.3 is 19.1 Å². The van der Waals surface area contributed by atoms with Gasteiger partial charge in [-0.3, -0.25) is 9.59 Å². The number of likely N-dealkylation sites (tertiary alicyclic amines) is 1. The number of benzene rings is 2. The molecule has 1 saturated heterocycles. The van der Waals surface area contributed by atoms with Gasteiger partial charge >= 0.3 is 5.97 Å². The van der Waals surface area contributed by atoms with E-state index in [0.717, 1.165) is 34.9 Å². The maximum absolute atomic E-state index is 13.8. The van der Waals surface area contributed by atoms with E-state index in [1.54, 1.807) is 32.1 Å². The number of hydrogen-bond acceptors (Lipinski definition) is 6. The number of ether oxygens (including phenoxy) is 3. The van der Waals surface area contributed by atoms with Gasteiger partial charge in [0.1, 0.15) is 11.5 Å². The number of hydrogen-bond donors (Lipinski definition) is 0. The second kappa shape index (κ2) is 10.1. The van der Waals surface area contributed by atoms with E-state index < -0.39 is 0 Å². The molecule has 4 rings (SSSR count). The Labute approximate surface area is 199 Å². The highest BCUT2D eigenvalue weighted by atomic mass is 16.5. The van der Waals surface area contributed by atoms with Crippen LogP contribution in [0, 0.1) is 12.8 Å². The summed E-state index contributed by atoms with van der Waals surface area (Å²) < 4.78 is 16.1. The van der Waals surface area contributed by atoms with E-state index in [1.165, 1.54) is 0 Å². The average molecular weight is 463 g/mol. The molecular weight excluding hydrogens is 432 g/mol. The Balaban J connectivity index is 1.78. The number of piperidine rings is 1. The predicted octanol–water partition coefficient (Wildman–Crippen LogP) is 4.64. The fourth-order valence-electron chi connectivity index (χ4n) is 4.45. The molecule has 0 radical (unpaired) electrons. The van der Waals surface area contributed by atoms with Crippen molar-refractivity contribution in [3.8, 4) is 22.8 Å². The lowest BCUT2D eigenvalue weighted by Gasteiger charge is -2.32. The Morgan fingerprint density at radius 1 is 1.09 bits per heavy atom. The predicted molar refractivity (Wildman–Crippen MR) is 130 cm³/mol. The molecule has 178 valence electrons. The number of aromatic nitrogens is 1. The number of amides is 1. The number of carbonyl (C=O) groups excluding carboxylic acids is 2. The largest absolute Gasteiger partial charge is 0.497 e. The van der Waals surface area contributed by atoms with Gasteiger partial charge in [-0.15, -0.1) is 0 Å². The van der Waals surface area contributed by atoms with Crippen molar-refractivity contribution in [3.63, 3.8) is 0 Å². The number of rotatable bonds is 6. The molecule has 1 aliphatic rings. The number of aryl methyl sites for hydroxylation is 1. The maximum Gasteiger partial charge on any atom is 0.310 e. The van der Waals surface area contributed by atoms with Gasteiger partial charge in [-0.1, -0.05) is 11.6 Å². The minimum Gasteiger partial charge on any atom is -0.497 e. The van der Waals surface area contributed by atoms with Crippen molar-refractivity contribution >= 4 is 22.8 Å². The molecule has 1 unspecified atom stereocenters. The van der Waals surface area contributed by atoms with E-state index in [2.05, 4.69) is 0 Å². The topological polar surface area (TPSA) is 78.0 Å². The van der Waals surface area contributed by atoms with Crippen LogP contribution in [-0.2, 0) is 9.53 Å². The zero-order valence-corrected chi connectivity index (χ0v) is 20.1. The fourth-order valence-corrected chi connectivity index (χ4v) is 4.45. The third-order valence-electron chi connectivity index (χ3n) is 6.21. The van der Waals surface area contributed by atoms with Gasteiger partial charge in [0, 0.05) is 30.1 Å². The van der Waals surface area contributed by atoms with Crippen LogP contribution >= 0.6 is 0 Å². The molecule has 1 aliphatic heterocycles. The molecule has 2 heterocycles. The minimum atomic E-state index is -0.298. The molecule has 0 N–H and O–H groups in total. The zero-order valence-electron chi connectivity index (χ0n) is 20.1. The summed E-state index contributed by atoms with van der Waals surface area (Å²) in [6.45, 7) is 5.08. The second-order valence-corrected chi connectivity index (χ2v) is 8.48. The van der Waals surface area contributed by atoms with Gasteiger partial charge in [0.2, 0.25) is 0 Å². The molecule has 34 heavy (non-hydrogen) atoms. The van der Waals surface area contributed by atoms with Gasteiger partial charge in [-0.05, 0) is 57.0 Å². The monoisotopic (exact) mass is 462 g/mol. The molecule has 3 aromatic rings. The Morgan fingerprint density at radius 2 is 1.91 bits per heavy atom. The SMILES string of the molecule is CCOC(=O)C1CCCN(C(=O)c2cc(-c3ccc(OC)cc3OC)nc3ccc(C)cc23)C1. The molecular formula is C27H30N2O5. The van der Waals surface area contributed by atoms with E-state index in [0.29, 0.717) is 42.5 Å². The molecule has 7 heteroatoms. The van der Waals surface area contributed by atoms with Crippen molar-refractivity contribution in [3.05, 3.63) is 53.6 Å². The van der Waals surface area contributed by atoms with Crippen LogP contribution in [0.25, 0.3) is 22.2 Å². The molecule has 1 atom stereocenters. The molecule has 0 aliphatic carbocycles. The third kappa shape index (κ3) is 4.69. The maximum atomic E-state index is 13.8. The van der Waals surface area contributed by atoms with E-state index in [9.17, 15) is 9.59 Å². The Bertz CT molecular complexity index is 1220. The minimum absolute atomic E-state index is 0.110. The number of carbonyl (C=O) groups is 2. The molecule has 1 amide bonds. The second-order valence-electron chi connectivity index (χ2n) is 8.48. The van der Waals surface area contributed by atoms with Crippen LogP contribution < -0.4 is 9.47 Å². The highest BCUT2D eigenvalue weighted by Gasteiger charge is 2.31. The average Bonchev–Trinajstić information content (AvgIpc) is 2.87. The van der Waals surface area contributed by atoms with Crippen LogP contribution in [0.4, 0.5) is 0 Å². The van der Waals surface area contributed by atoms with Crippen LogP contribution in [0.2, 0.25) is 0 Å². The highest BCUT2D eigenvalue weighted by molar-refractivity contribution is 6.07. The van der Waals surface area contributed by atoms with Crippen molar-refractivity contribution in [2.75, 3.05) is 33.9 Å². The number of fused-ring (bicyclic) bond motifs is 1. The highest BCUT2D eigenvalue weighted by Crippen LogP contribution is 2.35. The van der Waals surface area contributed by atoms with Gasteiger partial charge in [-0.25, -0.2) is 4.98 Å². The van der Waals surface area contributed by atoms with Gasteiger partial charge in [0.25, 0.3) is 5.91 Å². The van der Waals surface area contributed by atoms with Crippen molar-refractivity contribution in [2.45, 2.75) is 26.7 Å². The molecule has 7 nitrogen and oxygen atoms in total. The summed E-state index contributed by atoms with van der Waals surface area (Å²) in [4.78, 5) is 32.7. The van der Waals surface area contributed by atoms with E-state index in [4.69, 9.17) is 19.2 Å². The molecule has 0 bridgehead atoms. The summed E-state index contributed by atoms with van der Waals surface area (Å²) in [5, 5.41) is 0.791. The first kappa shape index (κ1) is 23.5. The number of methoxy groups -OCH3 is 2. The van der Waals surface area contributed by atoms with Gasteiger partial charge in [0.15, 0.2) is 0 Å². The smallest absolute Gasteiger partial charge is 0.310 e. The lowest BCUT2D eigenvalue weighted by atomic mass is 9.96. The first-order valence-electron chi connectivity index (χ1n) is 11.5. The first-order chi connectivity index (χ1) is 16.4. The fraction of sp³-hybridized carbons (Fsp3) is 0.370. The van der Waals surface area contributed by atoms with Crippen molar-refractivity contribution in [1.82, 2.24) is 9.88 Å². The molecule has 0 spiro atoms. The quantitative estimate of drug-likeness (QED) is 0.497. The summed E-state index contributed by atoms with van der Waals surface area (Å²) in [6, 6.07) is 13.2. The lowest BCUT2D eigenvalue weighted by Crippen LogP contribution is -2.42. The lowest BCUT2D eigenvalue weighted by molar-refractivity contribution is -0.149. The standard InChI is InChI=1S/C27H30N2O5/c1-5-34-27(31)18-7-6-12-29(16-18)26(30)22-15-24(28-23-11-8-17(2)13-21(22)23)20-10-9-19(32-3)14-25(20)33-4/h8-11,13-15,18H,5-7,12,16H2,1-4H3. The van der Waals surface area contributed by atoms with Crippen LogP contribution in [-0.4, -0.2) is 55.7 Å². The first-order valence-corrected chi connectivity index (χ1v) is 11.5.